The molecule has 0 bridgehead atoms. The molecular formula is C84H62N4OPtSi+2. The summed E-state index contributed by atoms with van der Waals surface area (Å²) >= 11 is 0. The summed E-state index contributed by atoms with van der Waals surface area (Å²) in [5, 5.41) is 6.00. The number of fused-ring (bicyclic) bond motifs is 10. The summed E-state index contributed by atoms with van der Waals surface area (Å²) < 4.78 is 135. The van der Waals surface area contributed by atoms with Crippen molar-refractivity contribution in [1.82, 2.24) is 9.13 Å². The number of rotatable bonds is 10. The average molecular weight is 1380 g/mol. The first-order chi connectivity index (χ1) is 49.4. The van der Waals surface area contributed by atoms with Crippen molar-refractivity contribution in [2.75, 3.05) is 0 Å². The number of aromatic nitrogens is 4. The van der Waals surface area contributed by atoms with Crippen LogP contribution in [0.15, 0.2) is 291 Å². The van der Waals surface area contributed by atoms with E-state index in [1.807, 2.05) is 120 Å². The third-order valence-corrected chi connectivity index (χ3v) is 22.2. The number of hydrogen-bond acceptors (Lipinski definition) is 1. The summed E-state index contributed by atoms with van der Waals surface area (Å²) in [6.45, 7) is 3.65. The number of pyridine rings is 1. The summed E-state index contributed by atoms with van der Waals surface area (Å²) in [4.78, 5) is 0. The summed E-state index contributed by atoms with van der Waals surface area (Å²) in [5.41, 5.74) is 6.72. The first kappa shape index (κ1) is 44.1. The fourth-order valence-electron chi connectivity index (χ4n) is 13.3. The molecule has 0 atom stereocenters. The molecule has 0 aliphatic carbocycles. The zero-order valence-electron chi connectivity index (χ0n) is 62.7. The number of benzene rings is 12. The van der Waals surface area contributed by atoms with Crippen molar-refractivity contribution in [2.45, 2.75) is 33.0 Å². The summed E-state index contributed by atoms with van der Waals surface area (Å²) in [5.74, 6) is 1.41. The quantitative estimate of drug-likeness (QED) is 0.0580. The molecule has 0 N–H and O–H groups in total. The van der Waals surface area contributed by atoms with Gasteiger partial charge in [0.25, 0.3) is 6.33 Å². The topological polar surface area (TPSA) is 26.8 Å². The number of nitrogens with zero attached hydrogens (tertiary/aromatic N) is 4. The van der Waals surface area contributed by atoms with Crippen LogP contribution in [0.1, 0.15) is 49.7 Å². The van der Waals surface area contributed by atoms with Gasteiger partial charge in [0.1, 0.15) is 5.52 Å². The van der Waals surface area contributed by atoms with Crippen LogP contribution < -0.4 is 34.6 Å². The predicted octanol–water partition coefficient (Wildman–Crippen LogP) is 16.8. The van der Waals surface area contributed by atoms with Crippen LogP contribution in [0, 0.1) is 32.4 Å². The second-order valence-electron chi connectivity index (χ2n) is 23.7. The summed E-state index contributed by atoms with van der Waals surface area (Å²) in [6.07, 6.45) is 5.65. The molecule has 5 nitrogen and oxygen atoms in total. The predicted molar refractivity (Wildman–Crippen MR) is 371 cm³/mol. The zero-order chi connectivity index (χ0) is 71.9. The van der Waals surface area contributed by atoms with Crippen LogP contribution in [0.5, 0.6) is 11.5 Å². The Morgan fingerprint density at radius 2 is 1.11 bits per heavy atom. The van der Waals surface area contributed by atoms with E-state index in [0.717, 1.165) is 53.9 Å². The molecule has 1 aliphatic rings. The van der Waals surface area contributed by atoms with Crippen LogP contribution in [-0.2, 0) is 26.5 Å². The van der Waals surface area contributed by atoms with E-state index in [1.54, 1.807) is 45.5 Å². The fourth-order valence-corrected chi connectivity index (χ4v) is 18.1. The molecule has 12 aromatic carbocycles. The van der Waals surface area contributed by atoms with Crippen molar-refractivity contribution in [1.29, 1.82) is 0 Å². The van der Waals surface area contributed by atoms with E-state index in [4.69, 9.17) is 10.2 Å². The maximum atomic E-state index is 9.80. The fraction of sp³-hybridized carbons (Fsp3) is 0.0595. The molecular weight excluding hydrogens is 1300 g/mol. The second kappa shape index (κ2) is 22.9. The SMILES string of the molecule is [2H]c1c([2H])c([2H])c(-c2cc3c4c(c2)n(-c2[c-]c(Oc5[c-]c6c(cc5)c5ccccc5n6-c5cc(C(C)(C)C)cc[n+]5[CH2-])ccc2)[c-][n+]4-c2c(cc(C([2H])([2H])[2H])cc2-c2c([2H])c([2H])c([2H])c([2H])c2[2H])-c2cc([Si](c4ccccc4)(c4ccccc4)c4ccccc4)ccc2-c2ccccc2-3)c([2H])c1[2H].[Pt+4]. The van der Waals surface area contributed by atoms with Crippen LogP contribution in [-0.4, -0.2) is 17.2 Å². The molecule has 0 saturated carbocycles. The maximum absolute atomic E-state index is 9.80. The van der Waals surface area contributed by atoms with Crippen LogP contribution in [0.2, 0.25) is 0 Å². The first-order valence-corrected chi connectivity index (χ1v) is 31.8. The minimum absolute atomic E-state index is 0. The molecule has 0 radical (unpaired) electrons. The number of aryl methyl sites for hydroxylation is 1. The maximum Gasteiger partial charge on any atom is 4.00 e. The van der Waals surface area contributed by atoms with Gasteiger partial charge in [-0.05, 0) is 131 Å². The monoisotopic (exact) mass is 1380 g/mol. The Morgan fingerprint density at radius 1 is 0.495 bits per heavy atom. The molecule has 0 unspecified atom stereocenters. The van der Waals surface area contributed by atoms with Gasteiger partial charge in [0.2, 0.25) is 0 Å². The van der Waals surface area contributed by atoms with E-state index in [9.17, 15) is 12.3 Å². The molecule has 1 aliphatic heterocycles. The van der Waals surface area contributed by atoms with Crippen molar-refractivity contribution in [2.24, 2.45) is 0 Å². The molecule has 0 fully saturated rings. The summed E-state index contributed by atoms with van der Waals surface area (Å²) in [7, 11) is 0.953. The molecule has 0 spiro atoms. The van der Waals surface area contributed by atoms with E-state index in [2.05, 4.69) is 124 Å². The third-order valence-electron chi connectivity index (χ3n) is 17.4. The molecule has 0 amide bonds. The molecule has 4 heterocycles. The molecule has 15 aromatic rings. The molecule has 436 valence electrons. The average Bonchev–Trinajstić information content (AvgIpc) is 1.48. The third kappa shape index (κ3) is 9.68. The van der Waals surface area contributed by atoms with Gasteiger partial charge in [-0.25, -0.2) is 0 Å². The van der Waals surface area contributed by atoms with E-state index in [0.29, 0.717) is 55.9 Å². The Bertz CT molecular complexity index is 5880. The minimum atomic E-state index is -3.45. The largest absolute Gasteiger partial charge is 4.00 e. The Labute approximate surface area is 565 Å². The Balaban J connectivity index is 0.00000870. The van der Waals surface area contributed by atoms with Gasteiger partial charge in [0, 0.05) is 21.1 Å². The Kier molecular flexibility index (Phi) is 11.1. The number of imidazole rings is 1. The van der Waals surface area contributed by atoms with Gasteiger partial charge in [-0.3, -0.25) is 9.13 Å². The minimum Gasteiger partial charge on any atom is -0.510 e. The van der Waals surface area contributed by atoms with Crippen LogP contribution >= 0.6 is 0 Å². The van der Waals surface area contributed by atoms with E-state index in [1.165, 1.54) is 6.07 Å². The van der Waals surface area contributed by atoms with E-state index >= 15 is 0 Å². The van der Waals surface area contributed by atoms with Gasteiger partial charge >= 0.3 is 21.1 Å². The standard InChI is InChI=1S/C84H62N4OSi.Pt/c1-57-48-74(59-28-13-7-14-29-59)82-76(49-57)75-55-68(90(65-32-15-8-16-33-65,66-34-17-9-18-35-66)67-36-19-10-20-37-67)43-45-71(75)69-38-21-22-39-70(69)77-50-60(58-26-11-6-12-27-58)51-80-83(77)87(82)56-86(80)62-30-25-31-63(53-62)89-64-42-44-73-72-40-23-24-41-78(72)88(79(73)54-64)81-52-61(84(2,3)4)46-47-85(81)5;/h6-52,55H,5H2,1-4H3;/q-2;+4/i1D3,6D,7D,11D,12D,13D,14D,26D,27D,28D,29D;. The van der Waals surface area contributed by atoms with Crippen molar-refractivity contribution in [3.05, 3.63) is 328 Å². The second-order valence-corrected chi connectivity index (χ2v) is 27.5. The summed E-state index contributed by atoms with van der Waals surface area (Å²) in [6, 6.07) is 74.6. The Morgan fingerprint density at radius 3 is 1.79 bits per heavy atom. The normalized spacial score (nSPS) is 14.1. The van der Waals surface area contributed by atoms with Crippen molar-refractivity contribution in [3.63, 3.8) is 0 Å². The molecule has 0 saturated heterocycles. The number of para-hydroxylation sites is 1. The first-order valence-electron chi connectivity index (χ1n) is 36.3. The van der Waals surface area contributed by atoms with Gasteiger partial charge in [0.05, 0.1) is 30.4 Å². The number of hydrogen-bond donors (Lipinski definition) is 0. The van der Waals surface area contributed by atoms with E-state index in [-0.39, 0.29) is 65.7 Å². The molecule has 16 rings (SSSR count). The van der Waals surface area contributed by atoms with Gasteiger partial charge in [-0.1, -0.05) is 280 Å². The van der Waals surface area contributed by atoms with Gasteiger partial charge in [0.15, 0.2) is 13.9 Å². The van der Waals surface area contributed by atoms with Gasteiger partial charge in [-0.2, -0.15) is 18.2 Å². The number of ether oxygens (including phenoxy) is 1. The molecule has 91 heavy (non-hydrogen) atoms. The zero-order valence-corrected chi connectivity index (χ0v) is 52.9. The van der Waals surface area contributed by atoms with Crippen molar-refractivity contribution >= 4 is 61.7 Å². The Hall–Kier alpha value is -10.4. The molecule has 3 aromatic heterocycles. The van der Waals surface area contributed by atoms with Gasteiger partial charge in [-0.15, -0.1) is 18.2 Å². The van der Waals surface area contributed by atoms with Crippen molar-refractivity contribution < 1.29 is 52.8 Å². The van der Waals surface area contributed by atoms with Crippen LogP contribution in [0.3, 0.4) is 0 Å². The van der Waals surface area contributed by atoms with Gasteiger partial charge < -0.3 is 13.9 Å². The van der Waals surface area contributed by atoms with E-state index < -0.39 is 75.3 Å². The van der Waals surface area contributed by atoms with Crippen LogP contribution in [0.4, 0.5) is 0 Å². The molecule has 7 heteroatoms. The smallest absolute Gasteiger partial charge is 0.510 e. The van der Waals surface area contributed by atoms with Crippen molar-refractivity contribution in [3.8, 4) is 84.3 Å². The van der Waals surface area contributed by atoms with Crippen LogP contribution in [0.25, 0.3) is 106 Å².